The monoisotopic (exact) mass is 315 g/mol. The summed E-state index contributed by atoms with van der Waals surface area (Å²) in [6, 6.07) is 8.73. The highest BCUT2D eigenvalue weighted by Gasteiger charge is 2.22. The van der Waals surface area contributed by atoms with E-state index in [4.69, 9.17) is 0 Å². The molecule has 0 spiro atoms. The van der Waals surface area contributed by atoms with Crippen molar-refractivity contribution >= 4 is 11.5 Å². The summed E-state index contributed by atoms with van der Waals surface area (Å²) in [5, 5.41) is 3.07. The SMILES string of the molecule is CC/C(=C/C(=O)NCC1CN(C)CCN1C)c1ccc(C)cc1. The fourth-order valence-electron chi connectivity index (χ4n) is 2.91. The summed E-state index contributed by atoms with van der Waals surface area (Å²) in [6.07, 6.45) is 2.60. The number of carbonyl (C=O) groups excluding carboxylic acids is 1. The lowest BCUT2D eigenvalue weighted by Crippen LogP contribution is -2.54. The van der Waals surface area contributed by atoms with Gasteiger partial charge in [0.05, 0.1) is 0 Å². The lowest BCUT2D eigenvalue weighted by atomic mass is 10.0. The molecule has 4 heteroatoms. The molecule has 1 N–H and O–H groups in total. The Morgan fingerprint density at radius 1 is 1.26 bits per heavy atom. The highest BCUT2D eigenvalue weighted by Crippen LogP contribution is 2.18. The van der Waals surface area contributed by atoms with Gasteiger partial charge < -0.3 is 10.2 Å². The van der Waals surface area contributed by atoms with Gasteiger partial charge in [0, 0.05) is 38.3 Å². The zero-order valence-corrected chi connectivity index (χ0v) is 14.8. The Morgan fingerprint density at radius 3 is 2.61 bits per heavy atom. The van der Waals surface area contributed by atoms with Crippen molar-refractivity contribution < 1.29 is 4.79 Å². The number of rotatable bonds is 5. The summed E-state index contributed by atoms with van der Waals surface area (Å²) in [5.41, 5.74) is 3.44. The number of benzene rings is 1. The maximum atomic E-state index is 12.3. The molecule has 1 atom stereocenters. The van der Waals surface area contributed by atoms with Crippen LogP contribution in [-0.2, 0) is 4.79 Å². The van der Waals surface area contributed by atoms with Crippen LogP contribution in [0, 0.1) is 6.92 Å². The van der Waals surface area contributed by atoms with E-state index in [2.05, 4.69) is 67.3 Å². The highest BCUT2D eigenvalue weighted by molar-refractivity contribution is 5.95. The van der Waals surface area contributed by atoms with E-state index in [9.17, 15) is 4.79 Å². The van der Waals surface area contributed by atoms with Crippen LogP contribution >= 0.6 is 0 Å². The smallest absolute Gasteiger partial charge is 0.244 e. The molecule has 23 heavy (non-hydrogen) atoms. The number of allylic oxidation sites excluding steroid dienone is 1. The number of piperazine rings is 1. The van der Waals surface area contributed by atoms with Crippen molar-refractivity contribution in [2.75, 3.05) is 40.3 Å². The predicted octanol–water partition coefficient (Wildman–Crippen LogP) is 2.15. The minimum atomic E-state index is 0.00375. The maximum Gasteiger partial charge on any atom is 0.244 e. The maximum absolute atomic E-state index is 12.3. The van der Waals surface area contributed by atoms with Crippen molar-refractivity contribution in [3.05, 3.63) is 41.5 Å². The predicted molar refractivity (Wildman–Crippen MR) is 96.4 cm³/mol. The Hall–Kier alpha value is -1.65. The van der Waals surface area contributed by atoms with Gasteiger partial charge in [0.15, 0.2) is 0 Å². The van der Waals surface area contributed by atoms with E-state index >= 15 is 0 Å². The minimum Gasteiger partial charge on any atom is -0.351 e. The van der Waals surface area contributed by atoms with E-state index in [-0.39, 0.29) is 5.91 Å². The lowest BCUT2D eigenvalue weighted by Gasteiger charge is -2.37. The second-order valence-corrected chi connectivity index (χ2v) is 6.53. The fourth-order valence-corrected chi connectivity index (χ4v) is 2.91. The zero-order valence-electron chi connectivity index (χ0n) is 14.8. The van der Waals surface area contributed by atoms with Gasteiger partial charge in [0.25, 0.3) is 0 Å². The van der Waals surface area contributed by atoms with Crippen LogP contribution in [0.2, 0.25) is 0 Å². The van der Waals surface area contributed by atoms with Gasteiger partial charge in [-0.25, -0.2) is 0 Å². The van der Waals surface area contributed by atoms with Gasteiger partial charge in [-0.2, -0.15) is 0 Å². The van der Waals surface area contributed by atoms with Gasteiger partial charge >= 0.3 is 0 Å². The second-order valence-electron chi connectivity index (χ2n) is 6.53. The first-order chi connectivity index (χ1) is 11.0. The molecule has 0 saturated carbocycles. The number of nitrogens with zero attached hydrogens (tertiary/aromatic N) is 2. The van der Waals surface area contributed by atoms with Gasteiger partial charge in [-0.05, 0) is 38.6 Å². The quantitative estimate of drug-likeness (QED) is 0.846. The number of amides is 1. The Bertz CT molecular complexity index is 550. The van der Waals surface area contributed by atoms with E-state index in [1.54, 1.807) is 6.08 Å². The molecule has 1 heterocycles. The number of aryl methyl sites for hydroxylation is 1. The number of hydrogen-bond acceptors (Lipinski definition) is 3. The molecule has 126 valence electrons. The first-order valence-electron chi connectivity index (χ1n) is 8.43. The average molecular weight is 315 g/mol. The molecule has 1 aliphatic heterocycles. The van der Waals surface area contributed by atoms with Gasteiger partial charge in [-0.3, -0.25) is 9.69 Å². The Balaban J connectivity index is 1.94. The molecule has 1 aromatic carbocycles. The van der Waals surface area contributed by atoms with Crippen LogP contribution < -0.4 is 5.32 Å². The van der Waals surface area contributed by atoms with Crippen molar-refractivity contribution in [2.45, 2.75) is 26.3 Å². The largest absolute Gasteiger partial charge is 0.351 e. The van der Waals surface area contributed by atoms with Crippen molar-refractivity contribution in [3.8, 4) is 0 Å². The van der Waals surface area contributed by atoms with Crippen molar-refractivity contribution in [3.63, 3.8) is 0 Å². The van der Waals surface area contributed by atoms with E-state index in [0.29, 0.717) is 12.6 Å². The average Bonchev–Trinajstić information content (AvgIpc) is 2.54. The topological polar surface area (TPSA) is 35.6 Å². The summed E-state index contributed by atoms with van der Waals surface area (Å²) in [6.45, 7) is 8.00. The number of likely N-dealkylation sites (N-methyl/N-ethyl adjacent to an activating group) is 2. The third kappa shape index (κ3) is 5.19. The molecule has 0 aromatic heterocycles. The van der Waals surface area contributed by atoms with Gasteiger partial charge in [0.1, 0.15) is 0 Å². The standard InChI is InChI=1S/C19H29N3O/c1-5-16(17-8-6-15(2)7-9-17)12-19(23)20-13-18-14-21(3)10-11-22(18)4/h6-9,12,18H,5,10-11,13-14H2,1-4H3,(H,20,23)/b16-12-. The third-order valence-corrected chi connectivity index (χ3v) is 4.60. The summed E-state index contributed by atoms with van der Waals surface area (Å²) in [5.74, 6) is 0.00375. The van der Waals surface area contributed by atoms with Crippen LogP contribution in [0.5, 0.6) is 0 Å². The van der Waals surface area contributed by atoms with Crippen LogP contribution in [-0.4, -0.2) is 62.0 Å². The molecule has 0 aliphatic carbocycles. The summed E-state index contributed by atoms with van der Waals surface area (Å²) >= 11 is 0. The van der Waals surface area contributed by atoms with Crippen LogP contribution in [0.3, 0.4) is 0 Å². The van der Waals surface area contributed by atoms with Gasteiger partial charge in [0.2, 0.25) is 5.91 Å². The van der Waals surface area contributed by atoms with Crippen molar-refractivity contribution in [1.29, 1.82) is 0 Å². The van der Waals surface area contributed by atoms with Gasteiger partial charge in [-0.1, -0.05) is 36.8 Å². The molecule has 1 fully saturated rings. The molecule has 1 amide bonds. The van der Waals surface area contributed by atoms with Gasteiger partial charge in [-0.15, -0.1) is 0 Å². The molecular formula is C19H29N3O. The first kappa shape index (κ1) is 17.7. The molecule has 2 rings (SSSR count). The summed E-state index contributed by atoms with van der Waals surface area (Å²) in [7, 11) is 4.26. The summed E-state index contributed by atoms with van der Waals surface area (Å²) in [4.78, 5) is 16.9. The van der Waals surface area contributed by atoms with E-state index < -0.39 is 0 Å². The van der Waals surface area contributed by atoms with E-state index in [1.807, 2.05) is 0 Å². The molecule has 1 saturated heterocycles. The second kappa shape index (κ2) is 8.27. The molecule has 0 bridgehead atoms. The van der Waals surface area contributed by atoms with E-state index in [0.717, 1.165) is 37.2 Å². The van der Waals surface area contributed by atoms with Crippen LogP contribution in [0.15, 0.2) is 30.3 Å². The molecule has 0 radical (unpaired) electrons. The molecule has 1 aromatic rings. The Labute approximate surface area is 140 Å². The number of carbonyl (C=O) groups is 1. The molecular weight excluding hydrogens is 286 g/mol. The number of nitrogens with one attached hydrogen (secondary N) is 1. The van der Waals surface area contributed by atoms with Crippen LogP contribution in [0.4, 0.5) is 0 Å². The van der Waals surface area contributed by atoms with Crippen molar-refractivity contribution in [1.82, 2.24) is 15.1 Å². The molecule has 1 aliphatic rings. The first-order valence-corrected chi connectivity index (χ1v) is 8.43. The summed E-state index contributed by atoms with van der Waals surface area (Å²) < 4.78 is 0. The fraction of sp³-hybridized carbons (Fsp3) is 0.526. The van der Waals surface area contributed by atoms with Crippen LogP contribution in [0.25, 0.3) is 5.57 Å². The Morgan fingerprint density at radius 2 is 1.96 bits per heavy atom. The lowest BCUT2D eigenvalue weighted by molar-refractivity contribution is -0.116. The highest BCUT2D eigenvalue weighted by atomic mass is 16.1. The van der Waals surface area contributed by atoms with E-state index in [1.165, 1.54) is 5.56 Å². The third-order valence-electron chi connectivity index (χ3n) is 4.60. The molecule has 4 nitrogen and oxygen atoms in total. The van der Waals surface area contributed by atoms with Crippen LogP contribution in [0.1, 0.15) is 24.5 Å². The zero-order chi connectivity index (χ0) is 16.8. The normalized spacial score (nSPS) is 20.5. The molecule has 1 unspecified atom stereocenters. The number of hydrogen-bond donors (Lipinski definition) is 1. The minimum absolute atomic E-state index is 0.00375. The van der Waals surface area contributed by atoms with Crippen molar-refractivity contribution in [2.24, 2.45) is 0 Å². The Kier molecular flexibility index (Phi) is 6.37.